The van der Waals surface area contributed by atoms with Crippen LogP contribution >= 0.6 is 35.1 Å². The van der Waals surface area contributed by atoms with Gasteiger partial charge in [-0.2, -0.15) is 0 Å². The summed E-state index contributed by atoms with van der Waals surface area (Å²) >= 11 is 9.69. The highest BCUT2D eigenvalue weighted by atomic mass is 35.5. The molecule has 0 saturated carbocycles. The quantitative estimate of drug-likeness (QED) is 0.355. The Kier molecular flexibility index (Phi) is 5.72. The number of halogens is 1. The summed E-state index contributed by atoms with van der Waals surface area (Å²) in [6.07, 6.45) is 9.00. The van der Waals surface area contributed by atoms with E-state index in [0.29, 0.717) is 5.92 Å². The Morgan fingerprint density at radius 2 is 2.03 bits per heavy atom. The predicted molar refractivity (Wildman–Crippen MR) is 123 cm³/mol. The molecule has 0 unspecified atom stereocenters. The van der Waals surface area contributed by atoms with Gasteiger partial charge in [-0.1, -0.05) is 54.4 Å². The topological polar surface area (TPSA) is 38.1 Å². The lowest BCUT2D eigenvalue weighted by atomic mass is 9.87. The summed E-state index contributed by atoms with van der Waals surface area (Å²) in [6.45, 7) is 2.26. The predicted octanol–water partition coefficient (Wildman–Crippen LogP) is 7.06. The molecule has 1 aliphatic carbocycles. The first-order chi connectivity index (χ1) is 14.2. The van der Waals surface area contributed by atoms with Crippen molar-refractivity contribution in [2.45, 2.75) is 72.4 Å². The number of aromatic nitrogens is 2. The first-order valence-electron chi connectivity index (χ1n) is 10.4. The van der Waals surface area contributed by atoms with Gasteiger partial charge < -0.3 is 0 Å². The van der Waals surface area contributed by atoms with Crippen LogP contribution in [0, 0.1) is 0 Å². The van der Waals surface area contributed by atoms with Gasteiger partial charge in [-0.25, -0.2) is 9.97 Å². The number of hydrogen-bond acceptors (Lipinski definition) is 5. The van der Waals surface area contributed by atoms with Gasteiger partial charge in [0, 0.05) is 16.5 Å². The highest BCUT2D eigenvalue weighted by molar-refractivity contribution is 8.02. The molecule has 2 aromatic rings. The van der Waals surface area contributed by atoms with E-state index in [0.717, 1.165) is 22.2 Å². The monoisotopic (exact) mass is 441 g/mol. The van der Waals surface area contributed by atoms with Crippen LogP contribution in [0.4, 0.5) is 0 Å². The Balaban J connectivity index is 1.42. The molecule has 2 aliphatic heterocycles. The molecule has 6 heteroatoms. The summed E-state index contributed by atoms with van der Waals surface area (Å²) in [7, 11) is 0. The number of benzene rings is 1. The number of fused-ring (bicyclic) bond motifs is 4. The first-order valence-corrected chi connectivity index (χ1v) is 12.7. The molecule has 0 saturated heterocycles. The first kappa shape index (κ1) is 19.7. The van der Waals surface area contributed by atoms with Crippen molar-refractivity contribution < 1.29 is 0 Å². The van der Waals surface area contributed by atoms with E-state index in [9.17, 15) is 0 Å². The minimum absolute atomic E-state index is 0.250. The number of dihydropyridines is 1. The van der Waals surface area contributed by atoms with Crippen molar-refractivity contribution in [1.29, 1.82) is 0 Å². The molecular weight excluding hydrogens is 418 g/mol. The second-order valence-corrected chi connectivity index (χ2v) is 10.4. The molecule has 0 N–H and O–H groups in total. The van der Waals surface area contributed by atoms with Crippen LogP contribution in [0.25, 0.3) is 0 Å². The minimum atomic E-state index is 0.250. The Hall–Kier alpha value is -1.30. The molecule has 1 aromatic carbocycles. The van der Waals surface area contributed by atoms with Gasteiger partial charge in [-0.3, -0.25) is 4.99 Å². The van der Waals surface area contributed by atoms with E-state index in [1.165, 1.54) is 54.0 Å². The van der Waals surface area contributed by atoms with Crippen molar-refractivity contribution >= 4 is 40.8 Å². The van der Waals surface area contributed by atoms with Gasteiger partial charge in [-0.05, 0) is 55.4 Å². The van der Waals surface area contributed by atoms with Crippen molar-refractivity contribution in [3.8, 4) is 0 Å². The minimum Gasteiger partial charge on any atom is -0.274 e. The maximum Gasteiger partial charge on any atom is 0.117 e. The van der Waals surface area contributed by atoms with Crippen molar-refractivity contribution in [3.05, 3.63) is 58.0 Å². The van der Waals surface area contributed by atoms with E-state index >= 15 is 0 Å². The number of aliphatic imine (C=N–C) groups is 1. The fraction of sp³-hybridized carbons (Fsp3) is 0.435. The molecule has 3 heterocycles. The van der Waals surface area contributed by atoms with Gasteiger partial charge in [0.1, 0.15) is 16.7 Å². The molecule has 1 aromatic heterocycles. The molecular formula is C23H24ClN3S2. The number of rotatable bonds is 6. The molecule has 5 rings (SSSR count). The lowest BCUT2D eigenvalue weighted by Crippen LogP contribution is -2.21. The normalized spacial score (nSPS) is 22.3. The molecule has 29 heavy (non-hydrogen) atoms. The molecule has 0 bridgehead atoms. The van der Waals surface area contributed by atoms with Crippen LogP contribution in [0.3, 0.4) is 0 Å². The SMILES string of the molecule is CCCCC1=N[C@H]2Sc3c(SCc4ccc(Cl)cc4)ncnc3[C@H]2C2=C1CCC2. The zero-order valence-electron chi connectivity index (χ0n) is 16.5. The van der Waals surface area contributed by atoms with E-state index in [1.807, 2.05) is 23.9 Å². The third-order valence-corrected chi connectivity index (χ3v) is 8.64. The molecule has 3 nitrogen and oxygen atoms in total. The second-order valence-electron chi connectivity index (χ2n) is 7.83. The Morgan fingerprint density at radius 1 is 1.17 bits per heavy atom. The molecule has 0 radical (unpaired) electrons. The second kappa shape index (κ2) is 8.44. The van der Waals surface area contributed by atoms with Gasteiger partial charge in [0.05, 0.1) is 16.5 Å². The fourth-order valence-electron chi connectivity index (χ4n) is 4.53. The lowest BCUT2D eigenvalue weighted by molar-refractivity contribution is 0.687. The maximum atomic E-state index is 6.02. The molecule has 0 spiro atoms. The summed E-state index contributed by atoms with van der Waals surface area (Å²) in [5, 5.41) is 2.12. The average molecular weight is 442 g/mol. The molecule has 3 aliphatic rings. The van der Waals surface area contributed by atoms with Crippen LogP contribution in [0.1, 0.15) is 62.6 Å². The zero-order valence-corrected chi connectivity index (χ0v) is 18.9. The van der Waals surface area contributed by atoms with E-state index in [-0.39, 0.29) is 5.37 Å². The summed E-state index contributed by atoms with van der Waals surface area (Å²) in [5.41, 5.74) is 7.02. The molecule has 150 valence electrons. The number of unbranched alkanes of at least 4 members (excludes halogenated alkanes) is 1. The van der Waals surface area contributed by atoms with E-state index < -0.39 is 0 Å². The standard InChI is InChI=1S/C23H24ClN3S2/c1-2-3-7-18-16-5-4-6-17(16)19-20-21(29-22(19)27-18)23(26-13-25-20)28-12-14-8-10-15(24)11-9-14/h8-11,13,19,22H,2-7,12H2,1H3/t19-,22+/m1/s1. The summed E-state index contributed by atoms with van der Waals surface area (Å²) in [6, 6.07) is 8.07. The van der Waals surface area contributed by atoms with Gasteiger partial charge in [0.25, 0.3) is 0 Å². The average Bonchev–Trinajstić information content (AvgIpc) is 3.36. The largest absolute Gasteiger partial charge is 0.274 e. The zero-order chi connectivity index (χ0) is 19.8. The van der Waals surface area contributed by atoms with Crippen LogP contribution in [0.5, 0.6) is 0 Å². The van der Waals surface area contributed by atoms with Crippen LogP contribution in [-0.4, -0.2) is 21.1 Å². The number of thioether (sulfide) groups is 2. The highest BCUT2D eigenvalue weighted by Gasteiger charge is 2.43. The number of nitrogens with zero attached hydrogens (tertiary/aromatic N) is 3. The molecule has 0 fully saturated rings. The maximum absolute atomic E-state index is 6.02. The number of allylic oxidation sites excluding steroid dienone is 1. The van der Waals surface area contributed by atoms with Gasteiger partial charge in [0.2, 0.25) is 0 Å². The van der Waals surface area contributed by atoms with Crippen LogP contribution in [0.2, 0.25) is 5.02 Å². The van der Waals surface area contributed by atoms with Crippen molar-refractivity contribution in [2.75, 3.05) is 0 Å². The van der Waals surface area contributed by atoms with E-state index in [1.54, 1.807) is 29.2 Å². The van der Waals surface area contributed by atoms with Crippen molar-refractivity contribution in [2.24, 2.45) is 4.99 Å². The van der Waals surface area contributed by atoms with Crippen molar-refractivity contribution in [3.63, 3.8) is 0 Å². The Labute approximate surface area is 185 Å². The summed E-state index contributed by atoms with van der Waals surface area (Å²) in [4.78, 5) is 15.9. The Bertz CT molecular complexity index is 984. The molecule has 0 amide bonds. The van der Waals surface area contributed by atoms with E-state index in [2.05, 4.69) is 24.0 Å². The fourth-order valence-corrected chi connectivity index (χ4v) is 7.14. The van der Waals surface area contributed by atoms with Crippen LogP contribution in [-0.2, 0) is 5.75 Å². The third-order valence-electron chi connectivity index (χ3n) is 5.94. The van der Waals surface area contributed by atoms with Gasteiger partial charge in [0.15, 0.2) is 0 Å². The third kappa shape index (κ3) is 3.77. The highest BCUT2D eigenvalue weighted by Crippen LogP contribution is 2.56. The van der Waals surface area contributed by atoms with Crippen LogP contribution in [0.15, 0.2) is 56.7 Å². The van der Waals surface area contributed by atoms with Gasteiger partial charge >= 0.3 is 0 Å². The Morgan fingerprint density at radius 3 is 2.86 bits per heavy atom. The van der Waals surface area contributed by atoms with Crippen LogP contribution < -0.4 is 0 Å². The summed E-state index contributed by atoms with van der Waals surface area (Å²) in [5.74, 6) is 1.24. The molecule has 2 atom stereocenters. The summed E-state index contributed by atoms with van der Waals surface area (Å²) < 4.78 is 0. The lowest BCUT2D eigenvalue weighted by Gasteiger charge is -2.26. The smallest absolute Gasteiger partial charge is 0.117 e. The van der Waals surface area contributed by atoms with Gasteiger partial charge in [-0.15, -0.1) is 11.8 Å². The number of hydrogen-bond donors (Lipinski definition) is 0. The van der Waals surface area contributed by atoms with E-state index in [4.69, 9.17) is 21.6 Å². The van der Waals surface area contributed by atoms with Crippen molar-refractivity contribution in [1.82, 2.24) is 9.97 Å².